The largest absolute Gasteiger partial charge is 0.463 e. The second-order valence-electron chi connectivity index (χ2n) is 40.8. The predicted molar refractivity (Wildman–Crippen MR) is 539 cm³/mol. The number of hydrogen-bond donors (Lipinski definition) is 6. The van der Waals surface area contributed by atoms with Crippen molar-refractivity contribution in [2.24, 2.45) is 40.9 Å². The van der Waals surface area contributed by atoms with E-state index in [1.165, 1.54) is 41.5 Å². The number of benzene rings is 1. The van der Waals surface area contributed by atoms with Gasteiger partial charge in [0.1, 0.15) is 48.7 Å². The van der Waals surface area contributed by atoms with Crippen LogP contribution < -0.4 is 31.9 Å². The maximum atomic E-state index is 14.5. The lowest BCUT2D eigenvalue weighted by Crippen LogP contribution is -2.58. The molecule has 3 fully saturated rings. The van der Waals surface area contributed by atoms with Crippen molar-refractivity contribution in [2.75, 3.05) is 119 Å². The lowest BCUT2D eigenvalue weighted by atomic mass is 9.82. The Labute approximate surface area is 852 Å². The standard InChI is InChI=1S/C106H180N6O30Si/c1-73-76(4)99(110-79(7)113)102(139-93(73)67-135-82(10)116)132-57-33-30-45-87(119)41-24-20-26-43-89(121)50-60-128-70-106(71-129-61-51-90(122)44-27-21-25-42-88(120)46-31-34-58-133-103-100(111-80(8)114)77(5)74(2)94(140-103)68-136-83(11)117,72-130-62-52-98(126)108-54-38-53-107-96(124)49-32-35-59-134-104-101(112-81(9)115)78(6)75(3)95(141-104)69-137-84(12)118)63-91(123)47-28-29-48-97(125)109-64-92(142-143(17,18)105(14,15)16)66-138-85(13)131-56-37-36-55-127-65-86-39-22-19-23-40-86/h19,22-23,39-40,73-78,85,92-95,99-104H,20-21,24-38,41-72H2,1-18H3,(H,107,124)(H,108,126)(H,109,125)(H,110,113)(H,111,114)(H,112,115). The molecule has 0 radical (unpaired) electrons. The maximum absolute atomic E-state index is 14.5. The van der Waals surface area contributed by atoms with E-state index in [0.717, 1.165) is 18.4 Å². The smallest absolute Gasteiger partial charge is 0.302 e. The summed E-state index contributed by atoms with van der Waals surface area (Å²) in [6.07, 6.45) is 7.25. The molecule has 17 atom stereocenters. The lowest BCUT2D eigenvalue weighted by Gasteiger charge is -2.44. The molecule has 3 saturated heterocycles. The summed E-state index contributed by atoms with van der Waals surface area (Å²) in [5.74, 6) is -3.07. The van der Waals surface area contributed by atoms with Crippen LogP contribution in [0.25, 0.3) is 0 Å². The van der Waals surface area contributed by atoms with E-state index >= 15 is 0 Å². The molecule has 6 amide bonds. The molecule has 0 aromatic heterocycles. The van der Waals surface area contributed by atoms with Gasteiger partial charge in [0.25, 0.3) is 0 Å². The lowest BCUT2D eigenvalue weighted by molar-refractivity contribution is -0.244. The fraction of sp³-hybridized carbons (Fsp3) is 0.811. The van der Waals surface area contributed by atoms with Crippen molar-refractivity contribution in [3.05, 3.63) is 35.9 Å². The van der Waals surface area contributed by atoms with Gasteiger partial charge in [-0.1, -0.05) is 105 Å². The molecule has 3 aliphatic heterocycles. The van der Waals surface area contributed by atoms with Crippen LogP contribution in [0.3, 0.4) is 0 Å². The van der Waals surface area contributed by atoms with E-state index in [1.54, 1.807) is 0 Å². The Hall–Kier alpha value is -7.50. The Bertz CT molecular complexity index is 3610. The molecule has 1 aromatic rings. The third kappa shape index (κ3) is 55.9. The van der Waals surface area contributed by atoms with Gasteiger partial charge in [-0.05, 0) is 162 Å². The third-order valence-corrected chi connectivity index (χ3v) is 31.8. The van der Waals surface area contributed by atoms with Crippen molar-refractivity contribution in [1.29, 1.82) is 0 Å². The van der Waals surface area contributed by atoms with Crippen LogP contribution in [0.2, 0.25) is 18.1 Å². The summed E-state index contributed by atoms with van der Waals surface area (Å²) in [7, 11) is -2.35. The molecule has 4 rings (SSSR count). The van der Waals surface area contributed by atoms with E-state index in [0.29, 0.717) is 148 Å². The molecular weight excluding hydrogens is 1870 g/mol. The highest BCUT2D eigenvalue weighted by molar-refractivity contribution is 6.74. The van der Waals surface area contributed by atoms with Gasteiger partial charge in [0.2, 0.25) is 35.4 Å². The number of hydrogen-bond acceptors (Lipinski definition) is 30. The molecule has 37 heteroatoms. The first-order valence-corrected chi connectivity index (χ1v) is 55.6. The molecule has 0 bridgehead atoms. The van der Waals surface area contributed by atoms with Crippen molar-refractivity contribution >= 4 is 90.6 Å². The average Bonchev–Trinajstić information content (AvgIpc) is 0.816. The number of nitrogens with one attached hydrogen (secondary N) is 6. The zero-order valence-corrected chi connectivity index (χ0v) is 90.6. The number of rotatable bonds is 80. The van der Waals surface area contributed by atoms with Crippen molar-refractivity contribution in [2.45, 2.75) is 396 Å². The molecule has 6 N–H and O–H groups in total. The molecule has 3 heterocycles. The van der Waals surface area contributed by atoms with Gasteiger partial charge in [-0.15, -0.1) is 0 Å². The summed E-state index contributed by atoms with van der Waals surface area (Å²) in [6, 6.07) is 8.73. The molecule has 0 spiro atoms. The van der Waals surface area contributed by atoms with Crippen molar-refractivity contribution in [3.63, 3.8) is 0 Å². The van der Waals surface area contributed by atoms with Gasteiger partial charge in [0, 0.05) is 183 Å². The van der Waals surface area contributed by atoms with Gasteiger partial charge in [0.15, 0.2) is 33.5 Å². The van der Waals surface area contributed by atoms with Crippen LogP contribution in [0.5, 0.6) is 0 Å². The maximum Gasteiger partial charge on any atom is 0.302 e. The Morgan fingerprint density at radius 3 is 1.11 bits per heavy atom. The minimum atomic E-state index is -2.35. The van der Waals surface area contributed by atoms with Gasteiger partial charge in [-0.25, -0.2) is 0 Å². The number of Topliss-reactive ketones (excluding diaryl/α,β-unsaturated/α-hetero) is 5. The van der Waals surface area contributed by atoms with E-state index in [4.69, 9.17) is 75.5 Å². The number of esters is 3. The zero-order chi connectivity index (χ0) is 106. The van der Waals surface area contributed by atoms with Crippen LogP contribution in [0.15, 0.2) is 30.3 Å². The number of carbonyl (C=O) groups is 14. The van der Waals surface area contributed by atoms with Crippen molar-refractivity contribution in [3.8, 4) is 0 Å². The van der Waals surface area contributed by atoms with E-state index in [9.17, 15) is 67.1 Å². The first-order valence-electron chi connectivity index (χ1n) is 52.7. The second kappa shape index (κ2) is 72.0. The third-order valence-electron chi connectivity index (χ3n) is 27.3. The van der Waals surface area contributed by atoms with Gasteiger partial charge >= 0.3 is 17.9 Å². The number of carbonyl (C=O) groups excluding carboxylic acids is 14. The first kappa shape index (κ1) is 128. The monoisotopic (exact) mass is 2050 g/mol. The summed E-state index contributed by atoms with van der Waals surface area (Å²) >= 11 is 0. The molecular formula is C106H180N6O30Si. The second-order valence-corrected chi connectivity index (χ2v) is 45.6. The minimum absolute atomic E-state index is 0.00975. The highest BCUT2D eigenvalue weighted by Gasteiger charge is 2.47. The average molecular weight is 2050 g/mol. The molecule has 1 aromatic carbocycles. The van der Waals surface area contributed by atoms with Crippen LogP contribution in [-0.2, 0) is 149 Å². The zero-order valence-electron chi connectivity index (χ0n) is 89.6. The molecule has 818 valence electrons. The SMILES string of the molecule is CC(=O)NC1C(OCCCCC(=O)CCCCCC(=O)CCOCC(COCCC(=O)CCCCCC(=O)CCCCOC2OC(COC(C)=O)C(C)C(C)C2NC(C)=O)(COCCC(=O)NCCCNC(=O)CCCCOC2OC(COC(C)=O)C(C)C(C)C2NC(C)=O)CC(=O)CCCCC(=O)NCC(COC(C)OCCCCOCc2ccccc2)O[Si](C)(C)C(C)(C)C)OC(COC(C)=O)C(C)C1C. The van der Waals surface area contributed by atoms with Gasteiger partial charge in [0.05, 0.1) is 95.4 Å². The first-order chi connectivity index (χ1) is 68.0. The highest BCUT2D eigenvalue weighted by Crippen LogP contribution is 2.39. The normalized spacial score (nSPS) is 22.1. The van der Waals surface area contributed by atoms with Crippen molar-refractivity contribution in [1.82, 2.24) is 31.9 Å². The quantitative estimate of drug-likeness (QED) is 0.0116. The molecule has 36 nitrogen and oxygen atoms in total. The summed E-state index contributed by atoms with van der Waals surface area (Å²) < 4.78 is 96.6. The van der Waals surface area contributed by atoms with Gasteiger partial charge < -0.3 is 107 Å². The Morgan fingerprint density at radius 2 is 0.713 bits per heavy atom. The molecule has 0 aliphatic carbocycles. The Balaban J connectivity index is 1.40. The van der Waals surface area contributed by atoms with E-state index < -0.39 is 99.3 Å². The fourth-order valence-electron chi connectivity index (χ4n) is 16.9. The topological polar surface area (TPSA) is 459 Å². The van der Waals surface area contributed by atoms with Crippen LogP contribution in [0, 0.1) is 40.9 Å². The van der Waals surface area contributed by atoms with Crippen LogP contribution >= 0.6 is 0 Å². The fourth-order valence-corrected chi connectivity index (χ4v) is 18.3. The number of unbranched alkanes of at least 4 members (excludes halogenated alkanes) is 9. The Morgan fingerprint density at radius 1 is 0.371 bits per heavy atom. The summed E-state index contributed by atoms with van der Waals surface area (Å²) in [6.45, 7) is 35.8. The minimum Gasteiger partial charge on any atom is -0.463 e. The van der Waals surface area contributed by atoms with E-state index in [2.05, 4.69) is 65.8 Å². The Kier molecular flexibility index (Phi) is 64.3. The summed E-state index contributed by atoms with van der Waals surface area (Å²) in [5.41, 5.74) is -0.0765. The molecule has 17 unspecified atom stereocenters. The molecule has 143 heavy (non-hydrogen) atoms. The summed E-state index contributed by atoms with van der Waals surface area (Å²) in [4.78, 5) is 179. The number of ether oxygens (including phenoxy) is 15. The van der Waals surface area contributed by atoms with E-state index in [-0.39, 0.29) is 262 Å². The number of ketones is 5. The van der Waals surface area contributed by atoms with E-state index in [1.807, 2.05) is 78.8 Å². The summed E-state index contributed by atoms with van der Waals surface area (Å²) in [5, 5.41) is 17.5. The highest BCUT2D eigenvalue weighted by atomic mass is 28.4. The van der Waals surface area contributed by atoms with Crippen molar-refractivity contribution < 1.29 is 143 Å². The van der Waals surface area contributed by atoms with Crippen LogP contribution in [-0.4, -0.2) is 277 Å². The molecule has 0 saturated carbocycles. The molecule has 3 aliphatic rings. The van der Waals surface area contributed by atoms with Gasteiger partial charge in [-0.2, -0.15) is 0 Å². The number of amides is 6. The van der Waals surface area contributed by atoms with Crippen LogP contribution in [0.1, 0.15) is 309 Å². The predicted octanol–water partition coefficient (Wildman–Crippen LogP) is 13.2. The van der Waals surface area contributed by atoms with Gasteiger partial charge in [-0.3, -0.25) is 67.1 Å². The van der Waals surface area contributed by atoms with Crippen LogP contribution in [0.4, 0.5) is 0 Å².